The lowest BCUT2D eigenvalue weighted by Gasteiger charge is -2.12. The number of nitrogens with one attached hydrogen (secondary N) is 2. The molecule has 1 saturated carbocycles. The minimum absolute atomic E-state index is 0.109. The van der Waals surface area contributed by atoms with Crippen molar-refractivity contribution in [3.8, 4) is 5.75 Å². The fourth-order valence-corrected chi connectivity index (χ4v) is 2.57. The molecule has 2 N–H and O–H groups in total. The molecule has 0 saturated heterocycles. The Labute approximate surface area is 147 Å². The second kappa shape index (κ2) is 7.38. The van der Waals surface area contributed by atoms with Crippen molar-refractivity contribution < 1.29 is 14.3 Å². The number of hydrogen-bond acceptors (Lipinski definition) is 3. The topological polar surface area (TPSA) is 67.4 Å². The number of aryl methyl sites for hydroxylation is 2. The van der Waals surface area contributed by atoms with Gasteiger partial charge in [0.05, 0.1) is 11.3 Å². The first kappa shape index (κ1) is 17.0. The van der Waals surface area contributed by atoms with Crippen LogP contribution in [0, 0.1) is 13.8 Å². The van der Waals surface area contributed by atoms with Gasteiger partial charge in [-0.15, -0.1) is 0 Å². The van der Waals surface area contributed by atoms with Crippen molar-refractivity contribution in [2.45, 2.75) is 32.7 Å². The van der Waals surface area contributed by atoms with Crippen LogP contribution in [0.2, 0.25) is 0 Å². The lowest BCUT2D eigenvalue weighted by atomic mass is 10.1. The summed E-state index contributed by atoms with van der Waals surface area (Å²) in [6, 6.07) is 13.1. The molecule has 1 fully saturated rings. The third-order valence-corrected chi connectivity index (χ3v) is 4.05. The smallest absolute Gasteiger partial charge is 0.262 e. The van der Waals surface area contributed by atoms with Gasteiger partial charge in [0.2, 0.25) is 0 Å². The van der Waals surface area contributed by atoms with E-state index in [0.717, 1.165) is 24.0 Å². The molecule has 130 valence electrons. The van der Waals surface area contributed by atoms with Crippen molar-refractivity contribution >= 4 is 17.5 Å². The molecule has 3 rings (SSSR count). The molecule has 2 aromatic rings. The van der Waals surface area contributed by atoms with Crippen molar-refractivity contribution in [1.82, 2.24) is 5.32 Å². The maximum atomic E-state index is 12.3. The minimum atomic E-state index is -0.299. The fourth-order valence-electron chi connectivity index (χ4n) is 2.57. The molecule has 5 heteroatoms. The van der Waals surface area contributed by atoms with Crippen molar-refractivity contribution in [1.29, 1.82) is 0 Å². The predicted molar refractivity (Wildman–Crippen MR) is 97.0 cm³/mol. The fraction of sp³-hybridized carbons (Fsp3) is 0.300. The molecule has 5 nitrogen and oxygen atoms in total. The zero-order valence-electron chi connectivity index (χ0n) is 14.5. The molecule has 0 aliphatic heterocycles. The molecule has 1 aliphatic carbocycles. The Hall–Kier alpha value is -2.82. The number of anilines is 1. The summed E-state index contributed by atoms with van der Waals surface area (Å²) in [5.41, 5.74) is 3.09. The van der Waals surface area contributed by atoms with E-state index >= 15 is 0 Å². The quantitative estimate of drug-likeness (QED) is 0.850. The second-order valence-corrected chi connectivity index (χ2v) is 6.40. The van der Waals surface area contributed by atoms with E-state index in [1.54, 1.807) is 24.3 Å². The molecule has 1 aliphatic rings. The Morgan fingerprint density at radius 3 is 2.60 bits per heavy atom. The molecule has 0 atom stereocenters. The van der Waals surface area contributed by atoms with E-state index in [1.807, 2.05) is 32.0 Å². The standard InChI is InChI=1S/C20H22N2O3/c1-13-7-10-18(14(2)11-13)25-12-19(23)22-17-6-4-3-5-16(17)20(24)21-15-8-9-15/h3-7,10-11,15H,8-9,12H2,1-2H3,(H,21,24)(H,22,23). The summed E-state index contributed by atoms with van der Waals surface area (Å²) in [5.74, 6) is 0.223. The lowest BCUT2D eigenvalue weighted by Crippen LogP contribution is -2.28. The lowest BCUT2D eigenvalue weighted by molar-refractivity contribution is -0.118. The van der Waals surface area contributed by atoms with Crippen LogP contribution in [0.1, 0.15) is 34.3 Å². The predicted octanol–water partition coefficient (Wildman–Crippen LogP) is 3.21. The highest BCUT2D eigenvalue weighted by Gasteiger charge is 2.25. The Balaban J connectivity index is 1.61. The molecule has 2 aromatic carbocycles. The third kappa shape index (κ3) is 4.59. The molecule has 0 bridgehead atoms. The van der Waals surface area contributed by atoms with Crippen molar-refractivity contribution in [2.75, 3.05) is 11.9 Å². The molecule has 0 unspecified atom stereocenters. The minimum Gasteiger partial charge on any atom is -0.483 e. The van der Waals surface area contributed by atoms with Gasteiger partial charge in [-0.2, -0.15) is 0 Å². The van der Waals surface area contributed by atoms with Crippen LogP contribution in [0.15, 0.2) is 42.5 Å². The van der Waals surface area contributed by atoms with Gasteiger partial charge in [0.25, 0.3) is 11.8 Å². The number of para-hydroxylation sites is 1. The van der Waals surface area contributed by atoms with Crippen molar-refractivity contribution in [2.24, 2.45) is 0 Å². The highest BCUT2D eigenvalue weighted by molar-refractivity contribution is 6.04. The van der Waals surface area contributed by atoms with Gasteiger partial charge in [-0.05, 0) is 50.5 Å². The number of rotatable bonds is 6. The van der Waals surface area contributed by atoms with Crippen LogP contribution in [-0.4, -0.2) is 24.5 Å². The Morgan fingerprint density at radius 2 is 1.88 bits per heavy atom. The normalized spacial score (nSPS) is 13.2. The van der Waals surface area contributed by atoms with Crippen LogP contribution < -0.4 is 15.4 Å². The van der Waals surface area contributed by atoms with Gasteiger partial charge >= 0.3 is 0 Å². The van der Waals surface area contributed by atoms with E-state index < -0.39 is 0 Å². The number of carbonyl (C=O) groups is 2. The Bertz CT molecular complexity index is 797. The van der Waals surface area contributed by atoms with Crippen LogP contribution >= 0.6 is 0 Å². The zero-order chi connectivity index (χ0) is 17.8. The van der Waals surface area contributed by atoms with Crippen LogP contribution in [0.5, 0.6) is 5.75 Å². The largest absolute Gasteiger partial charge is 0.483 e. The molecular formula is C20H22N2O3. The summed E-state index contributed by atoms with van der Waals surface area (Å²) in [4.78, 5) is 24.5. The average Bonchev–Trinajstić information content (AvgIpc) is 3.38. The number of ether oxygens (including phenoxy) is 1. The van der Waals surface area contributed by atoms with E-state index in [1.165, 1.54) is 0 Å². The Morgan fingerprint density at radius 1 is 1.12 bits per heavy atom. The average molecular weight is 338 g/mol. The summed E-state index contributed by atoms with van der Waals surface area (Å²) in [5, 5.41) is 5.69. The monoisotopic (exact) mass is 338 g/mol. The molecule has 0 heterocycles. The molecule has 0 aromatic heterocycles. The summed E-state index contributed by atoms with van der Waals surface area (Å²) in [6.07, 6.45) is 2.04. The van der Waals surface area contributed by atoms with Crippen molar-refractivity contribution in [3.63, 3.8) is 0 Å². The maximum absolute atomic E-state index is 12.3. The Kier molecular flexibility index (Phi) is 5.03. The van der Waals surface area contributed by atoms with Crippen LogP contribution in [0.3, 0.4) is 0 Å². The SMILES string of the molecule is Cc1ccc(OCC(=O)Nc2ccccc2C(=O)NC2CC2)c(C)c1. The first-order valence-corrected chi connectivity index (χ1v) is 8.43. The van der Waals surface area contributed by atoms with Crippen LogP contribution in [0.4, 0.5) is 5.69 Å². The number of amides is 2. The number of carbonyl (C=O) groups excluding carboxylic acids is 2. The van der Waals surface area contributed by atoms with E-state index in [2.05, 4.69) is 10.6 Å². The van der Waals surface area contributed by atoms with E-state index in [0.29, 0.717) is 17.0 Å². The molecule has 0 radical (unpaired) electrons. The highest BCUT2D eigenvalue weighted by Crippen LogP contribution is 2.22. The molecule has 2 amide bonds. The van der Waals surface area contributed by atoms with Crippen molar-refractivity contribution in [3.05, 3.63) is 59.2 Å². The molecular weight excluding hydrogens is 316 g/mol. The summed E-state index contributed by atoms with van der Waals surface area (Å²) in [7, 11) is 0. The third-order valence-electron chi connectivity index (χ3n) is 4.05. The molecule has 0 spiro atoms. The summed E-state index contributed by atoms with van der Waals surface area (Å²) < 4.78 is 5.59. The van der Waals surface area contributed by atoms with Crippen LogP contribution in [0.25, 0.3) is 0 Å². The molecule has 25 heavy (non-hydrogen) atoms. The van der Waals surface area contributed by atoms with Gasteiger partial charge in [0.15, 0.2) is 6.61 Å². The van der Waals surface area contributed by atoms with E-state index in [4.69, 9.17) is 4.74 Å². The first-order chi connectivity index (χ1) is 12.0. The number of hydrogen-bond donors (Lipinski definition) is 2. The highest BCUT2D eigenvalue weighted by atomic mass is 16.5. The second-order valence-electron chi connectivity index (χ2n) is 6.40. The number of benzene rings is 2. The zero-order valence-corrected chi connectivity index (χ0v) is 14.5. The van der Waals surface area contributed by atoms with Crippen LogP contribution in [-0.2, 0) is 4.79 Å². The van der Waals surface area contributed by atoms with Gasteiger partial charge in [-0.25, -0.2) is 0 Å². The maximum Gasteiger partial charge on any atom is 0.262 e. The van der Waals surface area contributed by atoms with Gasteiger partial charge in [0.1, 0.15) is 5.75 Å². The van der Waals surface area contributed by atoms with E-state index in [-0.39, 0.29) is 24.5 Å². The van der Waals surface area contributed by atoms with Gasteiger partial charge < -0.3 is 15.4 Å². The van der Waals surface area contributed by atoms with Gasteiger partial charge in [-0.1, -0.05) is 29.8 Å². The first-order valence-electron chi connectivity index (χ1n) is 8.43. The van der Waals surface area contributed by atoms with Gasteiger partial charge in [0, 0.05) is 6.04 Å². The summed E-state index contributed by atoms with van der Waals surface area (Å²) >= 11 is 0. The summed E-state index contributed by atoms with van der Waals surface area (Å²) in [6.45, 7) is 3.84. The van der Waals surface area contributed by atoms with Gasteiger partial charge in [-0.3, -0.25) is 9.59 Å². The van der Waals surface area contributed by atoms with E-state index in [9.17, 15) is 9.59 Å².